The third kappa shape index (κ3) is 2.79. The summed E-state index contributed by atoms with van der Waals surface area (Å²) in [6.45, 7) is 3.23. The molecular weight excluding hydrogens is 204 g/mol. The monoisotopic (exact) mass is 224 g/mol. The molecule has 84 valence electrons. The predicted molar refractivity (Wildman–Crippen MR) is 65.1 cm³/mol. The van der Waals surface area contributed by atoms with Gasteiger partial charge in [0.15, 0.2) is 0 Å². The van der Waals surface area contributed by atoms with Crippen LogP contribution < -0.4 is 5.32 Å². The molecule has 15 heavy (non-hydrogen) atoms. The summed E-state index contributed by atoms with van der Waals surface area (Å²) in [6, 6.07) is 0.510. The average Bonchev–Trinajstić information content (AvgIpc) is 2.80. The van der Waals surface area contributed by atoms with E-state index in [1.807, 2.05) is 6.20 Å². The van der Waals surface area contributed by atoms with Crippen LogP contribution in [-0.2, 0) is 0 Å². The van der Waals surface area contributed by atoms with Gasteiger partial charge in [-0.05, 0) is 25.3 Å². The molecule has 0 amide bonds. The summed E-state index contributed by atoms with van der Waals surface area (Å²) < 4.78 is 0. The van der Waals surface area contributed by atoms with E-state index in [1.165, 1.54) is 37.1 Å². The summed E-state index contributed by atoms with van der Waals surface area (Å²) in [7, 11) is 0. The summed E-state index contributed by atoms with van der Waals surface area (Å²) in [5, 5.41) is 6.97. The molecule has 0 radical (unpaired) electrons. The highest BCUT2D eigenvalue weighted by molar-refractivity contribution is 7.09. The fourth-order valence-corrected chi connectivity index (χ4v) is 3.34. The Labute approximate surface area is 96.1 Å². The van der Waals surface area contributed by atoms with E-state index in [4.69, 9.17) is 0 Å². The van der Waals surface area contributed by atoms with Crippen LogP contribution in [0.5, 0.6) is 0 Å². The highest BCUT2D eigenvalue weighted by atomic mass is 32.1. The summed E-state index contributed by atoms with van der Waals surface area (Å²) in [4.78, 5) is 4.47. The zero-order valence-electron chi connectivity index (χ0n) is 9.41. The van der Waals surface area contributed by atoms with Gasteiger partial charge in [0.2, 0.25) is 0 Å². The van der Waals surface area contributed by atoms with Gasteiger partial charge in [0.05, 0.1) is 6.04 Å². The summed E-state index contributed by atoms with van der Waals surface area (Å²) in [5.74, 6) is 0.810. The molecule has 2 rings (SSSR count). The Hall–Kier alpha value is -0.410. The molecule has 1 N–H and O–H groups in total. The number of hydrogen-bond acceptors (Lipinski definition) is 3. The lowest BCUT2D eigenvalue weighted by Crippen LogP contribution is -2.29. The van der Waals surface area contributed by atoms with Crippen LogP contribution in [0, 0.1) is 5.92 Å². The topological polar surface area (TPSA) is 24.9 Å². The van der Waals surface area contributed by atoms with Gasteiger partial charge in [-0.2, -0.15) is 0 Å². The molecule has 1 aliphatic rings. The molecule has 0 bridgehead atoms. The molecule has 0 spiro atoms. The lowest BCUT2D eigenvalue weighted by Gasteiger charge is -2.29. The molecule has 1 aromatic heterocycles. The third-order valence-electron chi connectivity index (χ3n) is 3.26. The van der Waals surface area contributed by atoms with Gasteiger partial charge in [-0.3, -0.25) is 0 Å². The predicted octanol–water partition coefficient (Wildman–Crippen LogP) is 3.37. The highest BCUT2D eigenvalue weighted by Gasteiger charge is 2.25. The van der Waals surface area contributed by atoms with Crippen LogP contribution in [0.1, 0.15) is 50.1 Å². The lowest BCUT2D eigenvalue weighted by atomic mass is 9.84. The number of aromatic nitrogens is 1. The summed E-state index contributed by atoms with van der Waals surface area (Å²) in [5.41, 5.74) is 0. The van der Waals surface area contributed by atoms with Gasteiger partial charge in [0.25, 0.3) is 0 Å². The van der Waals surface area contributed by atoms with E-state index < -0.39 is 0 Å². The van der Waals surface area contributed by atoms with E-state index in [1.54, 1.807) is 11.3 Å². The van der Waals surface area contributed by atoms with Crippen molar-refractivity contribution >= 4 is 11.3 Å². The SMILES string of the molecule is CCNC(c1nccs1)C1CCCCC1. The number of nitrogens with zero attached hydrogens (tertiary/aromatic N) is 1. The van der Waals surface area contributed by atoms with Crippen molar-refractivity contribution in [3.63, 3.8) is 0 Å². The van der Waals surface area contributed by atoms with Crippen LogP contribution in [0.4, 0.5) is 0 Å². The van der Waals surface area contributed by atoms with Crippen LogP contribution >= 0.6 is 11.3 Å². The second-order valence-electron chi connectivity index (χ2n) is 4.30. The second kappa shape index (κ2) is 5.61. The maximum Gasteiger partial charge on any atom is 0.110 e. The average molecular weight is 224 g/mol. The smallest absolute Gasteiger partial charge is 0.110 e. The molecule has 1 unspecified atom stereocenters. The maximum absolute atomic E-state index is 4.47. The highest BCUT2D eigenvalue weighted by Crippen LogP contribution is 2.34. The third-order valence-corrected chi connectivity index (χ3v) is 4.12. The lowest BCUT2D eigenvalue weighted by molar-refractivity contribution is 0.274. The number of nitrogens with one attached hydrogen (secondary N) is 1. The quantitative estimate of drug-likeness (QED) is 0.848. The van der Waals surface area contributed by atoms with Crippen molar-refractivity contribution in [3.05, 3.63) is 16.6 Å². The minimum absolute atomic E-state index is 0.510. The molecule has 1 heterocycles. The number of rotatable bonds is 4. The van der Waals surface area contributed by atoms with E-state index in [2.05, 4.69) is 22.6 Å². The van der Waals surface area contributed by atoms with Crippen molar-refractivity contribution in [3.8, 4) is 0 Å². The Morgan fingerprint density at radius 3 is 2.87 bits per heavy atom. The molecule has 0 aliphatic heterocycles. The molecule has 2 nitrogen and oxygen atoms in total. The summed E-state index contributed by atoms with van der Waals surface area (Å²) >= 11 is 1.79. The van der Waals surface area contributed by atoms with Gasteiger partial charge in [-0.15, -0.1) is 11.3 Å². The first-order chi connectivity index (χ1) is 7.42. The molecule has 1 aromatic rings. The van der Waals surface area contributed by atoms with Crippen LogP contribution in [0.3, 0.4) is 0 Å². The Balaban J connectivity index is 2.04. The number of hydrogen-bond donors (Lipinski definition) is 1. The summed E-state index contributed by atoms with van der Waals surface area (Å²) in [6.07, 6.45) is 8.89. The fourth-order valence-electron chi connectivity index (χ4n) is 2.53. The Kier molecular flexibility index (Phi) is 4.15. The van der Waals surface area contributed by atoms with Gasteiger partial charge in [0, 0.05) is 11.6 Å². The Morgan fingerprint density at radius 2 is 2.27 bits per heavy atom. The van der Waals surface area contributed by atoms with Crippen molar-refractivity contribution in [2.75, 3.05) is 6.54 Å². The minimum atomic E-state index is 0.510. The second-order valence-corrected chi connectivity index (χ2v) is 5.23. The van der Waals surface area contributed by atoms with E-state index in [9.17, 15) is 0 Å². The molecule has 1 fully saturated rings. The van der Waals surface area contributed by atoms with E-state index >= 15 is 0 Å². The molecular formula is C12H20N2S. The van der Waals surface area contributed by atoms with Crippen molar-refractivity contribution in [2.45, 2.75) is 45.1 Å². The van der Waals surface area contributed by atoms with Crippen molar-refractivity contribution in [2.24, 2.45) is 5.92 Å². The van der Waals surface area contributed by atoms with Crippen LogP contribution in [-0.4, -0.2) is 11.5 Å². The van der Waals surface area contributed by atoms with E-state index in [-0.39, 0.29) is 0 Å². The van der Waals surface area contributed by atoms with Gasteiger partial charge in [-0.25, -0.2) is 4.98 Å². The van der Waals surface area contributed by atoms with Gasteiger partial charge in [0.1, 0.15) is 5.01 Å². The molecule has 0 aromatic carbocycles. The van der Waals surface area contributed by atoms with Gasteiger partial charge >= 0.3 is 0 Å². The van der Waals surface area contributed by atoms with E-state index in [0.717, 1.165) is 12.5 Å². The standard InChI is InChI=1S/C12H20N2S/c1-2-13-11(12-14-8-9-15-12)10-6-4-3-5-7-10/h8-11,13H,2-7H2,1H3. The van der Waals surface area contributed by atoms with Gasteiger partial charge < -0.3 is 5.32 Å². The normalized spacial score (nSPS) is 20.3. The minimum Gasteiger partial charge on any atom is -0.308 e. The number of thiazole rings is 1. The van der Waals surface area contributed by atoms with Crippen molar-refractivity contribution in [1.82, 2.24) is 10.3 Å². The molecule has 1 atom stereocenters. The Bertz CT molecular complexity index is 265. The van der Waals surface area contributed by atoms with Crippen LogP contribution in [0.2, 0.25) is 0 Å². The van der Waals surface area contributed by atoms with Crippen LogP contribution in [0.25, 0.3) is 0 Å². The molecule has 3 heteroatoms. The van der Waals surface area contributed by atoms with Crippen molar-refractivity contribution < 1.29 is 0 Å². The van der Waals surface area contributed by atoms with Crippen molar-refractivity contribution in [1.29, 1.82) is 0 Å². The zero-order valence-corrected chi connectivity index (χ0v) is 10.2. The van der Waals surface area contributed by atoms with Gasteiger partial charge in [-0.1, -0.05) is 26.2 Å². The molecule has 1 aliphatic carbocycles. The molecule has 1 saturated carbocycles. The first-order valence-electron chi connectivity index (χ1n) is 6.04. The first kappa shape index (κ1) is 11.1. The largest absolute Gasteiger partial charge is 0.308 e. The van der Waals surface area contributed by atoms with Crippen LogP contribution in [0.15, 0.2) is 11.6 Å². The maximum atomic E-state index is 4.47. The fraction of sp³-hybridized carbons (Fsp3) is 0.750. The van der Waals surface area contributed by atoms with E-state index in [0.29, 0.717) is 6.04 Å². The Morgan fingerprint density at radius 1 is 1.47 bits per heavy atom. The molecule has 0 saturated heterocycles. The first-order valence-corrected chi connectivity index (χ1v) is 6.92. The zero-order chi connectivity index (χ0) is 10.5.